The lowest BCUT2D eigenvalue weighted by molar-refractivity contribution is -0.127. The van der Waals surface area contributed by atoms with Gasteiger partial charge in [0.1, 0.15) is 11.9 Å². The lowest BCUT2D eigenvalue weighted by Gasteiger charge is -2.38. The van der Waals surface area contributed by atoms with Crippen molar-refractivity contribution >= 4 is 23.3 Å². The molecule has 1 unspecified atom stereocenters. The zero-order valence-electron chi connectivity index (χ0n) is 20.7. The third kappa shape index (κ3) is 4.60. The number of hydrogen-bond acceptors (Lipinski definition) is 6. The van der Waals surface area contributed by atoms with Gasteiger partial charge in [0.25, 0.3) is 5.91 Å². The topological polar surface area (TPSA) is 81.9 Å². The first-order valence-corrected chi connectivity index (χ1v) is 12.8. The number of hydrazine groups is 1. The number of hydrogen-bond donors (Lipinski definition) is 2. The van der Waals surface area contributed by atoms with Crippen LogP contribution < -0.4 is 11.2 Å². The number of ketones is 1. The number of carbonyl (C=O) groups excluding carboxylic acids is 2. The Bertz CT molecular complexity index is 1240. The van der Waals surface area contributed by atoms with Crippen LogP contribution in [0, 0.1) is 0 Å². The van der Waals surface area contributed by atoms with Crippen molar-refractivity contribution in [3.05, 3.63) is 93.4 Å². The minimum atomic E-state index is -0.181. The molecule has 1 saturated heterocycles. The minimum absolute atomic E-state index is 0.0119. The molecule has 2 atom stereocenters. The van der Waals surface area contributed by atoms with Crippen molar-refractivity contribution < 1.29 is 9.59 Å². The van der Waals surface area contributed by atoms with E-state index in [1.165, 1.54) is 0 Å². The highest BCUT2D eigenvalue weighted by molar-refractivity contribution is 6.31. The molecule has 36 heavy (non-hydrogen) atoms. The van der Waals surface area contributed by atoms with E-state index in [1.54, 1.807) is 17.0 Å². The van der Waals surface area contributed by atoms with E-state index in [2.05, 4.69) is 10.3 Å². The zero-order valence-corrected chi connectivity index (χ0v) is 21.5. The number of likely N-dealkylation sites (tertiary alicyclic amines) is 1. The van der Waals surface area contributed by atoms with Crippen molar-refractivity contribution in [2.24, 2.45) is 5.73 Å². The standard InChI is InChI=1S/C28H32ClN5O2/c1-18-19(2)34-26(28(36)33(18)17-25(35)20-9-4-3-5-10-20)23(15-21-11-6-7-13-24(21)29)27(31-34)32-14-8-12-22(30)16-32/h3-7,9-11,13,22,27,31H,8,12,14-17,30H2,1-2H3/t22-,27?/m1/s1. The summed E-state index contributed by atoms with van der Waals surface area (Å²) in [5.41, 5.74) is 14.6. The van der Waals surface area contributed by atoms with Crippen LogP contribution in [0.3, 0.4) is 0 Å². The summed E-state index contributed by atoms with van der Waals surface area (Å²) in [6.07, 6.45) is 2.34. The zero-order chi connectivity index (χ0) is 25.4. The predicted molar refractivity (Wildman–Crippen MR) is 141 cm³/mol. The number of nitrogens with one attached hydrogen (secondary N) is 1. The molecule has 3 heterocycles. The Labute approximate surface area is 217 Å². The first kappa shape index (κ1) is 24.7. The molecule has 188 valence electrons. The molecule has 1 fully saturated rings. The molecule has 0 aromatic heterocycles. The molecule has 0 radical (unpaired) electrons. The van der Waals surface area contributed by atoms with Crippen LogP contribution in [0.25, 0.3) is 0 Å². The molecule has 8 heteroatoms. The van der Waals surface area contributed by atoms with Crippen LogP contribution in [-0.4, -0.2) is 58.3 Å². The summed E-state index contributed by atoms with van der Waals surface area (Å²) in [7, 11) is 0. The highest BCUT2D eigenvalue weighted by Crippen LogP contribution is 2.37. The maximum absolute atomic E-state index is 14.0. The first-order chi connectivity index (χ1) is 17.3. The van der Waals surface area contributed by atoms with Crippen LogP contribution in [-0.2, 0) is 11.2 Å². The van der Waals surface area contributed by atoms with Crippen molar-refractivity contribution in [1.82, 2.24) is 20.2 Å². The largest absolute Gasteiger partial charge is 0.327 e. The molecular weight excluding hydrogens is 474 g/mol. The number of benzene rings is 2. The summed E-state index contributed by atoms with van der Waals surface area (Å²) in [5, 5.41) is 2.57. The molecule has 3 aliphatic heterocycles. The van der Waals surface area contributed by atoms with Gasteiger partial charge in [0.15, 0.2) is 5.78 Å². The fraction of sp³-hybridized carbons (Fsp3) is 0.357. The number of nitrogens with zero attached hydrogens (tertiary/aromatic N) is 3. The molecule has 0 spiro atoms. The van der Waals surface area contributed by atoms with Gasteiger partial charge in [0, 0.05) is 41.8 Å². The third-order valence-corrected chi connectivity index (χ3v) is 7.78. The Morgan fingerprint density at radius 3 is 2.53 bits per heavy atom. The monoisotopic (exact) mass is 505 g/mol. The third-order valence-electron chi connectivity index (χ3n) is 7.41. The summed E-state index contributed by atoms with van der Waals surface area (Å²) >= 11 is 6.55. The molecule has 2 aromatic carbocycles. The molecule has 0 bridgehead atoms. The van der Waals surface area contributed by atoms with Crippen LogP contribution in [0.4, 0.5) is 0 Å². The number of halogens is 1. The Morgan fingerprint density at radius 1 is 1.08 bits per heavy atom. The van der Waals surface area contributed by atoms with E-state index < -0.39 is 0 Å². The van der Waals surface area contributed by atoms with Crippen LogP contribution in [0.1, 0.15) is 42.6 Å². The second-order valence-corrected chi connectivity index (χ2v) is 10.2. The van der Waals surface area contributed by atoms with Crippen molar-refractivity contribution in [2.45, 2.75) is 45.3 Å². The van der Waals surface area contributed by atoms with E-state index in [-0.39, 0.29) is 30.4 Å². The molecule has 2 aromatic rings. The second-order valence-electron chi connectivity index (χ2n) is 9.76. The number of Topliss-reactive ketones (excluding diaryl/α,β-unsaturated/α-hetero) is 1. The van der Waals surface area contributed by atoms with Crippen molar-refractivity contribution in [1.29, 1.82) is 0 Å². The summed E-state index contributed by atoms with van der Waals surface area (Å²) in [6, 6.07) is 16.9. The molecule has 5 rings (SSSR count). The molecule has 0 saturated carbocycles. The Morgan fingerprint density at radius 2 is 1.81 bits per heavy atom. The fourth-order valence-corrected chi connectivity index (χ4v) is 5.53. The van der Waals surface area contributed by atoms with Gasteiger partial charge in [0.2, 0.25) is 0 Å². The SMILES string of the molecule is CC1=C(C)N2NC(N3CCC[C@@H](N)C3)C(Cc3ccccc3Cl)=C2C(=O)N1CC(=O)c1ccccc1. The molecular formula is C28H32ClN5O2. The number of piperidine rings is 1. The number of carbonyl (C=O) groups is 2. The van der Waals surface area contributed by atoms with Crippen LogP contribution in [0.5, 0.6) is 0 Å². The first-order valence-electron chi connectivity index (χ1n) is 12.4. The molecule has 0 aliphatic carbocycles. The normalized spacial score (nSPS) is 22.9. The van der Waals surface area contributed by atoms with Gasteiger partial charge >= 0.3 is 0 Å². The van der Waals surface area contributed by atoms with Gasteiger partial charge in [0.05, 0.1) is 12.2 Å². The molecule has 3 N–H and O–H groups in total. The van der Waals surface area contributed by atoms with Crippen molar-refractivity contribution in [2.75, 3.05) is 19.6 Å². The molecule has 3 aliphatic rings. The average molecular weight is 506 g/mol. The quantitative estimate of drug-likeness (QED) is 0.583. The number of amides is 1. The van der Waals surface area contributed by atoms with Crippen molar-refractivity contribution in [3.8, 4) is 0 Å². The van der Waals surface area contributed by atoms with Crippen LogP contribution >= 0.6 is 11.6 Å². The smallest absolute Gasteiger partial charge is 0.276 e. The lowest BCUT2D eigenvalue weighted by atomic mass is 9.97. The molecule has 1 amide bonds. The average Bonchev–Trinajstić information content (AvgIpc) is 3.26. The summed E-state index contributed by atoms with van der Waals surface area (Å²) in [4.78, 5) is 31.0. The van der Waals surface area contributed by atoms with Crippen molar-refractivity contribution in [3.63, 3.8) is 0 Å². The summed E-state index contributed by atoms with van der Waals surface area (Å²) in [5.74, 6) is -0.275. The van der Waals surface area contributed by atoms with E-state index in [9.17, 15) is 9.59 Å². The van der Waals surface area contributed by atoms with E-state index in [0.717, 1.165) is 48.5 Å². The summed E-state index contributed by atoms with van der Waals surface area (Å²) in [6.45, 7) is 5.50. The van der Waals surface area contributed by atoms with Gasteiger partial charge in [-0.1, -0.05) is 60.1 Å². The Balaban J connectivity index is 1.55. The van der Waals surface area contributed by atoms with Gasteiger partial charge in [-0.3, -0.25) is 19.5 Å². The Hall–Kier alpha value is -2.97. The highest BCUT2D eigenvalue weighted by atomic mass is 35.5. The number of nitrogens with two attached hydrogens (primary N) is 1. The van der Waals surface area contributed by atoms with Crippen LogP contribution in [0.2, 0.25) is 5.02 Å². The maximum Gasteiger partial charge on any atom is 0.276 e. The Kier molecular flexibility index (Phi) is 6.99. The number of allylic oxidation sites excluding steroid dienone is 2. The van der Waals surface area contributed by atoms with E-state index in [0.29, 0.717) is 22.7 Å². The van der Waals surface area contributed by atoms with E-state index >= 15 is 0 Å². The second kappa shape index (κ2) is 10.2. The predicted octanol–water partition coefficient (Wildman–Crippen LogP) is 3.68. The fourth-order valence-electron chi connectivity index (χ4n) is 5.33. The van der Waals surface area contributed by atoms with Gasteiger partial charge in [-0.05, 0) is 43.9 Å². The minimum Gasteiger partial charge on any atom is -0.327 e. The van der Waals surface area contributed by atoms with Gasteiger partial charge < -0.3 is 10.6 Å². The highest BCUT2D eigenvalue weighted by Gasteiger charge is 2.44. The van der Waals surface area contributed by atoms with Gasteiger partial charge in [-0.15, -0.1) is 0 Å². The van der Waals surface area contributed by atoms with Crippen LogP contribution in [0.15, 0.2) is 77.3 Å². The number of fused-ring (bicyclic) bond motifs is 1. The maximum atomic E-state index is 14.0. The van der Waals surface area contributed by atoms with E-state index in [1.807, 2.05) is 61.3 Å². The van der Waals surface area contributed by atoms with Gasteiger partial charge in [-0.2, -0.15) is 0 Å². The lowest BCUT2D eigenvalue weighted by Crippen LogP contribution is -2.55. The molecule has 7 nitrogen and oxygen atoms in total. The van der Waals surface area contributed by atoms with E-state index in [4.69, 9.17) is 17.3 Å². The summed E-state index contributed by atoms with van der Waals surface area (Å²) < 4.78 is 0. The van der Waals surface area contributed by atoms with Gasteiger partial charge in [-0.25, -0.2) is 5.43 Å². The number of rotatable bonds is 6.